The molecule has 1 N–H and O–H groups in total. The van der Waals surface area contributed by atoms with Crippen molar-refractivity contribution in [2.24, 2.45) is 0 Å². The second-order valence-corrected chi connectivity index (χ2v) is 5.31. The van der Waals surface area contributed by atoms with Crippen LogP contribution >= 0.6 is 11.3 Å². The highest BCUT2D eigenvalue weighted by Crippen LogP contribution is 2.29. The molecule has 2 aromatic rings. The lowest BCUT2D eigenvalue weighted by molar-refractivity contribution is 0.310. The summed E-state index contributed by atoms with van der Waals surface area (Å²) in [5, 5.41) is 4.32. The number of rotatable bonds is 7. The van der Waals surface area contributed by atoms with Gasteiger partial charge >= 0.3 is 0 Å². The van der Waals surface area contributed by atoms with Crippen LogP contribution in [0.3, 0.4) is 0 Å². The normalized spacial score (nSPS) is 10.8. The number of benzene rings is 1. The van der Waals surface area contributed by atoms with Crippen molar-refractivity contribution < 1.29 is 4.74 Å². The minimum Gasteiger partial charge on any atom is -0.494 e. The Labute approximate surface area is 112 Å². The second kappa shape index (κ2) is 6.59. The Morgan fingerprint density at radius 2 is 2.17 bits per heavy atom. The van der Waals surface area contributed by atoms with Crippen LogP contribution in [-0.4, -0.2) is 18.1 Å². The maximum absolute atomic E-state index is 5.70. The molecule has 0 radical (unpaired) electrons. The lowest BCUT2D eigenvalue weighted by Gasteiger charge is -2.04. The molecule has 0 fully saturated rings. The highest BCUT2D eigenvalue weighted by Gasteiger charge is 2.04. The van der Waals surface area contributed by atoms with E-state index in [1.807, 2.05) is 12.1 Å². The number of anilines is 1. The molecule has 2 rings (SSSR count). The van der Waals surface area contributed by atoms with Gasteiger partial charge < -0.3 is 10.1 Å². The van der Waals surface area contributed by atoms with Gasteiger partial charge in [-0.1, -0.05) is 31.6 Å². The molecule has 0 bridgehead atoms. The Hall–Kier alpha value is -1.29. The van der Waals surface area contributed by atoms with Crippen molar-refractivity contribution in [3.05, 3.63) is 18.2 Å². The van der Waals surface area contributed by atoms with Crippen LogP contribution in [0.15, 0.2) is 18.2 Å². The van der Waals surface area contributed by atoms with Crippen LogP contribution < -0.4 is 10.1 Å². The smallest absolute Gasteiger partial charge is 0.183 e. The lowest BCUT2D eigenvalue weighted by atomic mass is 10.3. The third kappa shape index (κ3) is 3.35. The SMILES string of the molecule is CCCCOc1ccc2nc(NCCC)sc2c1. The van der Waals surface area contributed by atoms with Gasteiger partial charge in [-0.2, -0.15) is 0 Å². The number of hydrogen-bond donors (Lipinski definition) is 1. The van der Waals surface area contributed by atoms with Gasteiger partial charge in [0, 0.05) is 6.54 Å². The summed E-state index contributed by atoms with van der Waals surface area (Å²) in [6, 6.07) is 6.12. The summed E-state index contributed by atoms with van der Waals surface area (Å²) in [5.74, 6) is 0.946. The number of unbranched alkanes of at least 4 members (excludes halogenated alkanes) is 1. The third-order valence-electron chi connectivity index (χ3n) is 2.65. The predicted molar refractivity (Wildman–Crippen MR) is 78.8 cm³/mol. The summed E-state index contributed by atoms with van der Waals surface area (Å²) in [5.41, 5.74) is 1.04. The Bertz CT molecular complexity index is 495. The fraction of sp³-hybridized carbons (Fsp3) is 0.500. The maximum Gasteiger partial charge on any atom is 0.183 e. The van der Waals surface area contributed by atoms with Crippen molar-refractivity contribution in [3.63, 3.8) is 0 Å². The first-order valence-electron chi connectivity index (χ1n) is 6.60. The molecule has 0 amide bonds. The fourth-order valence-electron chi connectivity index (χ4n) is 1.64. The van der Waals surface area contributed by atoms with E-state index in [0.29, 0.717) is 0 Å². The highest BCUT2D eigenvalue weighted by atomic mass is 32.1. The van der Waals surface area contributed by atoms with Gasteiger partial charge in [0.2, 0.25) is 0 Å². The molecule has 0 saturated carbocycles. The minimum atomic E-state index is 0.793. The maximum atomic E-state index is 5.70. The number of hydrogen-bond acceptors (Lipinski definition) is 4. The molecular formula is C14H20N2OS. The van der Waals surface area contributed by atoms with E-state index in [4.69, 9.17) is 4.74 Å². The largest absolute Gasteiger partial charge is 0.494 e. The van der Waals surface area contributed by atoms with Crippen LogP contribution in [0.5, 0.6) is 5.75 Å². The van der Waals surface area contributed by atoms with E-state index in [-0.39, 0.29) is 0 Å². The first-order valence-corrected chi connectivity index (χ1v) is 7.42. The number of nitrogens with zero attached hydrogens (tertiary/aromatic N) is 1. The van der Waals surface area contributed by atoms with Crippen LogP contribution in [0, 0.1) is 0 Å². The lowest BCUT2D eigenvalue weighted by Crippen LogP contribution is -1.98. The molecule has 0 saturated heterocycles. The molecule has 1 aromatic heterocycles. The molecule has 1 aromatic carbocycles. The van der Waals surface area contributed by atoms with E-state index in [1.54, 1.807) is 11.3 Å². The van der Waals surface area contributed by atoms with Crippen molar-refractivity contribution in [2.45, 2.75) is 33.1 Å². The summed E-state index contributed by atoms with van der Waals surface area (Å²) in [6.07, 6.45) is 3.37. The minimum absolute atomic E-state index is 0.793. The van der Waals surface area contributed by atoms with Gasteiger partial charge in [-0.15, -0.1) is 0 Å². The number of fused-ring (bicyclic) bond motifs is 1. The van der Waals surface area contributed by atoms with Crippen molar-refractivity contribution in [3.8, 4) is 5.75 Å². The van der Waals surface area contributed by atoms with E-state index < -0.39 is 0 Å². The van der Waals surface area contributed by atoms with E-state index in [0.717, 1.165) is 48.8 Å². The molecule has 3 nitrogen and oxygen atoms in total. The quantitative estimate of drug-likeness (QED) is 0.757. The molecule has 0 unspecified atom stereocenters. The molecule has 4 heteroatoms. The molecule has 0 atom stereocenters. The molecule has 0 aliphatic carbocycles. The molecule has 0 aliphatic heterocycles. The molecule has 0 aliphatic rings. The zero-order chi connectivity index (χ0) is 12.8. The van der Waals surface area contributed by atoms with Crippen molar-refractivity contribution in [2.75, 3.05) is 18.5 Å². The summed E-state index contributed by atoms with van der Waals surface area (Å²) in [4.78, 5) is 4.54. The number of ether oxygens (including phenoxy) is 1. The Morgan fingerprint density at radius 1 is 1.28 bits per heavy atom. The van der Waals surface area contributed by atoms with Crippen molar-refractivity contribution in [1.29, 1.82) is 0 Å². The van der Waals surface area contributed by atoms with Crippen molar-refractivity contribution >= 4 is 26.7 Å². The van der Waals surface area contributed by atoms with Crippen LogP contribution in [0.25, 0.3) is 10.2 Å². The predicted octanol–water partition coefficient (Wildman–Crippen LogP) is 4.30. The first-order chi connectivity index (χ1) is 8.83. The average molecular weight is 264 g/mol. The zero-order valence-electron chi connectivity index (χ0n) is 11.0. The van der Waals surface area contributed by atoms with Gasteiger partial charge in [-0.05, 0) is 31.0 Å². The highest BCUT2D eigenvalue weighted by molar-refractivity contribution is 7.22. The van der Waals surface area contributed by atoms with E-state index in [2.05, 4.69) is 30.2 Å². The molecule has 1 heterocycles. The van der Waals surface area contributed by atoms with Crippen LogP contribution in [0.2, 0.25) is 0 Å². The molecular weight excluding hydrogens is 244 g/mol. The van der Waals surface area contributed by atoms with Gasteiger partial charge in [0.15, 0.2) is 5.13 Å². The first kappa shape index (κ1) is 13.1. The summed E-state index contributed by atoms with van der Waals surface area (Å²) in [7, 11) is 0. The molecule has 18 heavy (non-hydrogen) atoms. The van der Waals surface area contributed by atoms with E-state index >= 15 is 0 Å². The van der Waals surface area contributed by atoms with Gasteiger partial charge in [0.25, 0.3) is 0 Å². The van der Waals surface area contributed by atoms with Crippen molar-refractivity contribution in [1.82, 2.24) is 4.98 Å². The third-order valence-corrected chi connectivity index (χ3v) is 3.63. The molecule has 98 valence electrons. The summed E-state index contributed by atoms with van der Waals surface area (Å²) < 4.78 is 6.89. The van der Waals surface area contributed by atoms with Crippen LogP contribution in [-0.2, 0) is 0 Å². The van der Waals surface area contributed by atoms with Gasteiger partial charge in [0.05, 0.1) is 16.8 Å². The van der Waals surface area contributed by atoms with Gasteiger partial charge in [0.1, 0.15) is 5.75 Å². The Morgan fingerprint density at radius 3 is 2.94 bits per heavy atom. The monoisotopic (exact) mass is 264 g/mol. The second-order valence-electron chi connectivity index (χ2n) is 4.28. The average Bonchev–Trinajstić information content (AvgIpc) is 2.78. The standard InChI is InChI=1S/C14H20N2OS/c1-3-5-9-17-11-6-7-12-13(10-11)18-14(16-12)15-8-4-2/h6-7,10H,3-5,8-9H2,1-2H3,(H,15,16). The van der Waals surface area contributed by atoms with Crippen LogP contribution in [0.4, 0.5) is 5.13 Å². The number of thiazole rings is 1. The van der Waals surface area contributed by atoms with Gasteiger partial charge in [-0.25, -0.2) is 4.98 Å². The summed E-state index contributed by atoms with van der Waals surface area (Å²) in [6.45, 7) is 6.09. The zero-order valence-corrected chi connectivity index (χ0v) is 11.8. The van der Waals surface area contributed by atoms with E-state index in [9.17, 15) is 0 Å². The topological polar surface area (TPSA) is 34.1 Å². The number of nitrogens with one attached hydrogen (secondary N) is 1. The Balaban J connectivity index is 2.07. The fourth-order valence-corrected chi connectivity index (χ4v) is 2.56. The Kier molecular flexibility index (Phi) is 4.81. The van der Waals surface area contributed by atoms with Gasteiger partial charge in [-0.3, -0.25) is 0 Å². The van der Waals surface area contributed by atoms with E-state index in [1.165, 1.54) is 4.70 Å². The summed E-state index contributed by atoms with van der Waals surface area (Å²) >= 11 is 1.69. The molecule has 0 spiro atoms. The number of aromatic nitrogens is 1. The van der Waals surface area contributed by atoms with Crippen LogP contribution in [0.1, 0.15) is 33.1 Å².